The third-order valence-electron chi connectivity index (χ3n) is 4.72. The van der Waals surface area contributed by atoms with Gasteiger partial charge >= 0.3 is 0 Å². The first-order valence-corrected chi connectivity index (χ1v) is 10.8. The number of hydrogen-bond acceptors (Lipinski definition) is 6. The van der Waals surface area contributed by atoms with E-state index in [1.807, 2.05) is 27.7 Å². The lowest BCUT2D eigenvalue weighted by Crippen LogP contribution is -2.57. The van der Waals surface area contributed by atoms with E-state index in [1.54, 1.807) is 12.1 Å². The van der Waals surface area contributed by atoms with E-state index in [9.17, 15) is 29.4 Å². The normalized spacial score (nSPS) is 13.8. The first-order chi connectivity index (χ1) is 14.9. The summed E-state index contributed by atoms with van der Waals surface area (Å²) in [7, 11) is 0. The van der Waals surface area contributed by atoms with Crippen LogP contribution in [0.2, 0.25) is 0 Å². The minimum Gasteiger partial charge on any atom is -0.548 e. The lowest BCUT2D eigenvalue weighted by atomic mass is 9.99. The van der Waals surface area contributed by atoms with Gasteiger partial charge in [0, 0.05) is 6.92 Å². The van der Waals surface area contributed by atoms with E-state index < -0.39 is 35.9 Å². The van der Waals surface area contributed by atoms with Crippen LogP contribution in [0.3, 0.4) is 0 Å². The van der Waals surface area contributed by atoms with Crippen LogP contribution in [0.25, 0.3) is 0 Å². The number of carboxylic acids is 1. The van der Waals surface area contributed by atoms with Gasteiger partial charge in [0.15, 0.2) is 0 Å². The summed E-state index contributed by atoms with van der Waals surface area (Å²) >= 11 is 0. The van der Waals surface area contributed by atoms with Gasteiger partial charge in [-0.25, -0.2) is 0 Å². The van der Waals surface area contributed by atoms with Crippen LogP contribution in [-0.4, -0.2) is 46.9 Å². The molecular formula is C23H34N3O6-. The second-order valence-corrected chi connectivity index (χ2v) is 8.82. The van der Waals surface area contributed by atoms with Crippen molar-refractivity contribution in [3.8, 4) is 5.75 Å². The third kappa shape index (κ3) is 9.80. The molecule has 0 aliphatic carbocycles. The molecule has 0 aliphatic rings. The molecule has 0 radical (unpaired) electrons. The smallest absolute Gasteiger partial charge is 0.243 e. The van der Waals surface area contributed by atoms with Crippen molar-refractivity contribution in [1.82, 2.24) is 16.0 Å². The predicted molar refractivity (Wildman–Crippen MR) is 117 cm³/mol. The molecular weight excluding hydrogens is 414 g/mol. The van der Waals surface area contributed by atoms with Gasteiger partial charge in [0.05, 0.1) is 12.0 Å². The summed E-state index contributed by atoms with van der Waals surface area (Å²) in [5, 5.41) is 28.7. The molecule has 0 bridgehead atoms. The lowest BCUT2D eigenvalue weighted by molar-refractivity contribution is -0.308. The number of aliphatic carboxylic acids is 1. The molecule has 0 fully saturated rings. The van der Waals surface area contributed by atoms with Crippen LogP contribution in [0.5, 0.6) is 5.75 Å². The molecule has 9 heteroatoms. The molecule has 0 spiro atoms. The van der Waals surface area contributed by atoms with E-state index in [0.717, 1.165) is 0 Å². The Balaban J connectivity index is 2.96. The number of hydrogen-bond donors (Lipinski definition) is 4. The monoisotopic (exact) mass is 448 g/mol. The summed E-state index contributed by atoms with van der Waals surface area (Å²) in [4.78, 5) is 48.8. The standard InChI is InChI=1S/C23H35N3O6/c1-13(2)10-18(24-15(5)27)21(29)25-19(11-14(3)4)22(30)26-20(23(31)32)12-16-6-8-17(28)9-7-16/h6-9,13-14,18-20,28H,10-12H2,1-5H3,(H,24,27)(H,25,29)(H,26,30)(H,31,32)/p-1. The zero-order valence-corrected chi connectivity index (χ0v) is 19.3. The average Bonchev–Trinajstić information content (AvgIpc) is 2.66. The topological polar surface area (TPSA) is 148 Å². The Kier molecular flexibility index (Phi) is 10.7. The van der Waals surface area contributed by atoms with Crippen molar-refractivity contribution in [3.05, 3.63) is 29.8 Å². The van der Waals surface area contributed by atoms with Crippen LogP contribution in [0.4, 0.5) is 0 Å². The minimum atomic E-state index is -1.46. The van der Waals surface area contributed by atoms with Crippen LogP contribution in [0, 0.1) is 11.8 Å². The van der Waals surface area contributed by atoms with Gasteiger partial charge in [-0.3, -0.25) is 14.4 Å². The number of carboxylic acid groups (broad SMARTS) is 1. The maximum absolute atomic E-state index is 12.9. The number of aromatic hydroxyl groups is 1. The lowest BCUT2D eigenvalue weighted by Gasteiger charge is -2.27. The van der Waals surface area contributed by atoms with Crippen molar-refractivity contribution >= 4 is 23.7 Å². The molecule has 9 nitrogen and oxygen atoms in total. The highest BCUT2D eigenvalue weighted by atomic mass is 16.4. The Morgan fingerprint density at radius 2 is 1.25 bits per heavy atom. The van der Waals surface area contributed by atoms with E-state index in [4.69, 9.17) is 0 Å². The molecule has 0 heterocycles. The van der Waals surface area contributed by atoms with E-state index in [0.29, 0.717) is 12.0 Å². The molecule has 1 rings (SSSR count). The minimum absolute atomic E-state index is 0.0360. The van der Waals surface area contributed by atoms with Gasteiger partial charge in [-0.05, 0) is 48.8 Å². The molecule has 0 aliphatic heterocycles. The number of carbonyl (C=O) groups is 4. The third-order valence-corrected chi connectivity index (χ3v) is 4.72. The Hall–Kier alpha value is -3.10. The van der Waals surface area contributed by atoms with Gasteiger partial charge in [-0.1, -0.05) is 39.8 Å². The van der Waals surface area contributed by atoms with Crippen molar-refractivity contribution < 1.29 is 29.4 Å². The van der Waals surface area contributed by atoms with Crippen molar-refractivity contribution in [2.75, 3.05) is 0 Å². The maximum atomic E-state index is 12.9. The van der Waals surface area contributed by atoms with Gasteiger partial charge < -0.3 is 31.0 Å². The average molecular weight is 449 g/mol. The second kappa shape index (κ2) is 12.7. The number of nitrogens with one attached hydrogen (secondary N) is 3. The number of phenols is 1. The van der Waals surface area contributed by atoms with Crippen LogP contribution in [0.1, 0.15) is 53.0 Å². The highest BCUT2D eigenvalue weighted by Gasteiger charge is 2.28. The van der Waals surface area contributed by atoms with Crippen LogP contribution in [0.15, 0.2) is 24.3 Å². The highest BCUT2D eigenvalue weighted by molar-refractivity contribution is 5.93. The highest BCUT2D eigenvalue weighted by Crippen LogP contribution is 2.12. The Labute approximate surface area is 189 Å². The number of rotatable bonds is 12. The number of carbonyl (C=O) groups excluding carboxylic acids is 4. The predicted octanol–water partition coefficient (Wildman–Crippen LogP) is 0.251. The van der Waals surface area contributed by atoms with Crippen LogP contribution >= 0.6 is 0 Å². The summed E-state index contributed by atoms with van der Waals surface area (Å²) in [6.07, 6.45) is 0.632. The van der Waals surface area contributed by atoms with Gasteiger partial charge in [0.2, 0.25) is 17.7 Å². The zero-order valence-electron chi connectivity index (χ0n) is 19.3. The number of phenolic OH excluding ortho intramolecular Hbond substituents is 1. The summed E-state index contributed by atoms with van der Waals surface area (Å²) < 4.78 is 0. The van der Waals surface area contributed by atoms with E-state index in [-0.39, 0.29) is 36.3 Å². The van der Waals surface area contributed by atoms with Gasteiger partial charge in [-0.15, -0.1) is 0 Å². The maximum Gasteiger partial charge on any atom is 0.243 e. The first-order valence-electron chi connectivity index (χ1n) is 10.8. The summed E-state index contributed by atoms with van der Waals surface area (Å²) in [5.41, 5.74) is 0.587. The van der Waals surface area contributed by atoms with E-state index in [1.165, 1.54) is 19.1 Å². The van der Waals surface area contributed by atoms with E-state index >= 15 is 0 Å². The number of amides is 3. The molecule has 0 aromatic heterocycles. The SMILES string of the molecule is CC(=O)NC(CC(C)C)C(=O)NC(CC(C)C)C(=O)NC(Cc1ccc(O)cc1)C(=O)[O-]. The molecule has 3 amide bonds. The zero-order chi connectivity index (χ0) is 24.4. The summed E-state index contributed by atoms with van der Waals surface area (Å²) in [6.45, 7) is 8.88. The fraction of sp³-hybridized carbons (Fsp3) is 0.565. The van der Waals surface area contributed by atoms with Gasteiger partial charge in [0.1, 0.15) is 17.8 Å². The van der Waals surface area contributed by atoms with E-state index in [2.05, 4.69) is 16.0 Å². The van der Waals surface area contributed by atoms with Crippen molar-refractivity contribution in [2.24, 2.45) is 11.8 Å². The molecule has 3 atom stereocenters. The molecule has 32 heavy (non-hydrogen) atoms. The Morgan fingerprint density at radius 3 is 1.66 bits per heavy atom. The fourth-order valence-corrected chi connectivity index (χ4v) is 3.26. The molecule has 4 N–H and O–H groups in total. The van der Waals surface area contributed by atoms with Crippen LogP contribution in [-0.2, 0) is 25.6 Å². The fourth-order valence-electron chi connectivity index (χ4n) is 3.26. The number of benzene rings is 1. The molecule has 178 valence electrons. The quantitative estimate of drug-likeness (QED) is 0.360. The Bertz CT molecular complexity index is 791. The van der Waals surface area contributed by atoms with Gasteiger partial charge in [-0.2, -0.15) is 0 Å². The Morgan fingerprint density at radius 1 is 0.812 bits per heavy atom. The molecule has 1 aromatic rings. The largest absolute Gasteiger partial charge is 0.548 e. The van der Waals surface area contributed by atoms with Crippen LogP contribution < -0.4 is 21.1 Å². The second-order valence-electron chi connectivity index (χ2n) is 8.82. The summed E-state index contributed by atoms with van der Waals surface area (Å²) in [5.74, 6) is -2.77. The molecule has 0 saturated heterocycles. The van der Waals surface area contributed by atoms with Crippen molar-refractivity contribution in [2.45, 2.75) is 72.0 Å². The van der Waals surface area contributed by atoms with Gasteiger partial charge in [0.25, 0.3) is 0 Å². The van der Waals surface area contributed by atoms with Crippen molar-refractivity contribution in [1.29, 1.82) is 0 Å². The first kappa shape index (κ1) is 26.9. The molecule has 0 saturated carbocycles. The molecule has 1 aromatic carbocycles. The van der Waals surface area contributed by atoms with Crippen molar-refractivity contribution in [3.63, 3.8) is 0 Å². The summed E-state index contributed by atoms with van der Waals surface area (Å²) in [6, 6.07) is 2.84. The molecule has 3 unspecified atom stereocenters.